The number of hydrogen-bond acceptors (Lipinski definition) is 6. The maximum absolute atomic E-state index is 4.83. The molecular formula is C17H17IN6S. The van der Waals surface area contributed by atoms with Gasteiger partial charge in [0.05, 0.1) is 10.2 Å². The molecule has 8 heteroatoms. The van der Waals surface area contributed by atoms with E-state index < -0.39 is 0 Å². The number of anilines is 2. The number of aryl methyl sites for hydroxylation is 4. The van der Waals surface area contributed by atoms with E-state index in [-0.39, 0.29) is 0 Å². The van der Waals surface area contributed by atoms with E-state index in [2.05, 4.69) is 56.8 Å². The molecule has 4 rings (SSSR count). The van der Waals surface area contributed by atoms with Crippen LogP contribution >= 0.6 is 33.9 Å². The van der Waals surface area contributed by atoms with Crippen LogP contribution in [0.4, 0.5) is 11.8 Å². The van der Waals surface area contributed by atoms with Gasteiger partial charge in [0, 0.05) is 34.4 Å². The summed E-state index contributed by atoms with van der Waals surface area (Å²) in [6.07, 6.45) is 1.75. The van der Waals surface area contributed by atoms with Gasteiger partial charge in [-0.15, -0.1) is 11.3 Å². The zero-order chi connectivity index (χ0) is 17.7. The summed E-state index contributed by atoms with van der Waals surface area (Å²) in [4.78, 5) is 14.6. The summed E-state index contributed by atoms with van der Waals surface area (Å²) in [6.45, 7) is 6.21. The second-order valence-corrected chi connectivity index (χ2v) is 7.78. The second-order valence-electron chi connectivity index (χ2n) is 6.01. The molecule has 0 fully saturated rings. The lowest BCUT2D eigenvalue weighted by Crippen LogP contribution is -2.00. The quantitative estimate of drug-likeness (QED) is 0.355. The van der Waals surface area contributed by atoms with Crippen LogP contribution in [0, 0.1) is 20.8 Å². The number of alkyl halides is 1. The number of fused-ring (bicyclic) bond motifs is 3. The monoisotopic (exact) mass is 464 g/mol. The summed E-state index contributed by atoms with van der Waals surface area (Å²) in [5.74, 6) is 1.34. The van der Waals surface area contributed by atoms with E-state index in [4.69, 9.17) is 4.98 Å². The second kappa shape index (κ2) is 6.17. The van der Waals surface area contributed by atoms with E-state index in [1.54, 1.807) is 17.5 Å². The zero-order valence-corrected chi connectivity index (χ0v) is 17.4. The molecule has 4 aromatic heterocycles. The Morgan fingerprint density at radius 2 is 2.04 bits per heavy atom. The third-order valence-corrected chi connectivity index (χ3v) is 6.19. The maximum Gasteiger partial charge on any atom is 0.228 e. The first-order valence-electron chi connectivity index (χ1n) is 7.87. The van der Waals surface area contributed by atoms with Crippen molar-refractivity contribution in [3.8, 4) is 0 Å². The molecule has 0 atom stereocenters. The summed E-state index contributed by atoms with van der Waals surface area (Å²) in [6, 6.07) is 1.88. The molecule has 0 spiro atoms. The molecule has 25 heavy (non-hydrogen) atoms. The number of rotatable bonds is 3. The minimum absolute atomic E-state index is 0.561. The number of hydrogen-bond donors (Lipinski definition) is 1. The van der Waals surface area contributed by atoms with E-state index in [1.165, 1.54) is 16.5 Å². The van der Waals surface area contributed by atoms with Gasteiger partial charge in [-0.3, -0.25) is 4.68 Å². The maximum atomic E-state index is 4.83. The fourth-order valence-electron chi connectivity index (χ4n) is 3.08. The van der Waals surface area contributed by atoms with Crippen molar-refractivity contribution >= 4 is 66.1 Å². The molecule has 0 aliphatic rings. The van der Waals surface area contributed by atoms with Crippen LogP contribution < -0.4 is 5.32 Å². The molecule has 0 radical (unpaired) electrons. The van der Waals surface area contributed by atoms with Crippen molar-refractivity contribution in [3.63, 3.8) is 0 Å². The summed E-state index contributed by atoms with van der Waals surface area (Å²) < 4.78 is 3.96. The molecule has 4 heterocycles. The molecule has 0 bridgehead atoms. The standard InChI is InChI=1S/C17H17IN6S/c1-8-5-6-19-17(20-8)22-15-14-13(24(4)23-15)12-9(2)11(7-18)10(3)21-16(12)25-14/h5-6H,7H2,1-4H3,(H,19,20,22,23). The van der Waals surface area contributed by atoms with Crippen LogP contribution in [0.5, 0.6) is 0 Å². The number of halogens is 1. The van der Waals surface area contributed by atoms with Gasteiger partial charge in [-0.05, 0) is 38.0 Å². The highest BCUT2D eigenvalue weighted by Crippen LogP contribution is 2.40. The summed E-state index contributed by atoms with van der Waals surface area (Å²) >= 11 is 4.07. The highest BCUT2D eigenvalue weighted by atomic mass is 127. The first-order valence-corrected chi connectivity index (χ1v) is 10.2. The predicted molar refractivity (Wildman–Crippen MR) is 111 cm³/mol. The van der Waals surface area contributed by atoms with Gasteiger partial charge in [-0.2, -0.15) is 5.10 Å². The van der Waals surface area contributed by atoms with Crippen LogP contribution in [-0.2, 0) is 11.5 Å². The highest BCUT2D eigenvalue weighted by Gasteiger charge is 2.20. The molecule has 4 aromatic rings. The fourth-order valence-corrected chi connectivity index (χ4v) is 5.45. The van der Waals surface area contributed by atoms with Gasteiger partial charge in [-0.1, -0.05) is 22.6 Å². The van der Waals surface area contributed by atoms with Gasteiger partial charge in [0.25, 0.3) is 0 Å². The van der Waals surface area contributed by atoms with Crippen molar-refractivity contribution in [2.45, 2.75) is 25.2 Å². The molecule has 6 nitrogen and oxygen atoms in total. The Bertz CT molecular complexity index is 1110. The SMILES string of the molecule is Cc1ccnc(Nc2nn(C)c3c2sc2nc(C)c(CI)c(C)c23)n1. The summed E-state index contributed by atoms with van der Waals surface area (Å²) in [5, 5.41) is 9.11. The lowest BCUT2D eigenvalue weighted by molar-refractivity contribution is 0.802. The average molecular weight is 464 g/mol. The zero-order valence-electron chi connectivity index (χ0n) is 14.4. The molecular weight excluding hydrogens is 447 g/mol. The Morgan fingerprint density at radius 1 is 1.24 bits per heavy atom. The number of aromatic nitrogens is 5. The van der Waals surface area contributed by atoms with Crippen LogP contribution in [0.2, 0.25) is 0 Å². The molecule has 0 unspecified atom stereocenters. The normalized spacial score (nSPS) is 11.6. The van der Waals surface area contributed by atoms with Crippen LogP contribution in [0.15, 0.2) is 12.3 Å². The average Bonchev–Trinajstić information content (AvgIpc) is 3.06. The number of nitrogens with one attached hydrogen (secondary N) is 1. The minimum Gasteiger partial charge on any atom is -0.306 e. The van der Waals surface area contributed by atoms with E-state index in [1.807, 2.05) is 24.7 Å². The van der Waals surface area contributed by atoms with Crippen molar-refractivity contribution in [1.29, 1.82) is 0 Å². The number of pyridine rings is 1. The third-order valence-electron chi connectivity index (χ3n) is 4.35. The molecule has 0 aliphatic heterocycles. The lowest BCUT2D eigenvalue weighted by Gasteiger charge is -2.07. The van der Waals surface area contributed by atoms with Crippen LogP contribution in [0.1, 0.15) is 22.5 Å². The molecule has 0 saturated heterocycles. The molecule has 0 aliphatic carbocycles. The van der Waals surface area contributed by atoms with E-state index >= 15 is 0 Å². The Labute approximate surface area is 162 Å². The number of nitrogens with zero attached hydrogens (tertiary/aromatic N) is 5. The fraction of sp³-hybridized carbons (Fsp3) is 0.294. The molecule has 0 aromatic carbocycles. The van der Waals surface area contributed by atoms with E-state index in [9.17, 15) is 0 Å². The molecule has 1 N–H and O–H groups in total. The van der Waals surface area contributed by atoms with Gasteiger partial charge in [0.2, 0.25) is 5.95 Å². The summed E-state index contributed by atoms with van der Waals surface area (Å²) in [5.41, 5.74) is 5.75. The third kappa shape index (κ3) is 2.67. The summed E-state index contributed by atoms with van der Waals surface area (Å²) in [7, 11) is 1.97. The number of thiophene rings is 1. The topological polar surface area (TPSA) is 68.5 Å². The van der Waals surface area contributed by atoms with Crippen molar-refractivity contribution in [3.05, 3.63) is 34.8 Å². The van der Waals surface area contributed by atoms with Crippen LogP contribution in [0.3, 0.4) is 0 Å². The Morgan fingerprint density at radius 3 is 2.76 bits per heavy atom. The van der Waals surface area contributed by atoms with Crippen molar-refractivity contribution in [1.82, 2.24) is 24.7 Å². The predicted octanol–water partition coefficient (Wildman–Crippen LogP) is 4.58. The van der Waals surface area contributed by atoms with Gasteiger partial charge < -0.3 is 5.32 Å². The van der Waals surface area contributed by atoms with Gasteiger partial charge in [0.15, 0.2) is 5.82 Å². The molecule has 128 valence electrons. The van der Waals surface area contributed by atoms with Crippen molar-refractivity contribution < 1.29 is 0 Å². The van der Waals surface area contributed by atoms with Gasteiger partial charge in [-0.25, -0.2) is 15.0 Å². The lowest BCUT2D eigenvalue weighted by atomic mass is 10.1. The largest absolute Gasteiger partial charge is 0.306 e. The first kappa shape index (κ1) is 16.6. The minimum atomic E-state index is 0.561. The van der Waals surface area contributed by atoms with Crippen LogP contribution in [0.25, 0.3) is 20.4 Å². The Hall–Kier alpha value is -1.81. The first-order chi connectivity index (χ1) is 12.0. The van der Waals surface area contributed by atoms with Crippen LogP contribution in [-0.4, -0.2) is 24.7 Å². The Kier molecular flexibility index (Phi) is 4.11. The smallest absolute Gasteiger partial charge is 0.228 e. The van der Waals surface area contributed by atoms with Gasteiger partial charge in [0.1, 0.15) is 4.83 Å². The van der Waals surface area contributed by atoms with Crippen molar-refractivity contribution in [2.24, 2.45) is 7.05 Å². The molecule has 0 saturated carbocycles. The molecule has 0 amide bonds. The highest BCUT2D eigenvalue weighted by molar-refractivity contribution is 14.1. The Balaban J connectivity index is 1.95. The van der Waals surface area contributed by atoms with Gasteiger partial charge >= 0.3 is 0 Å². The van der Waals surface area contributed by atoms with E-state index in [0.717, 1.165) is 36.7 Å². The van der Waals surface area contributed by atoms with E-state index in [0.29, 0.717) is 5.95 Å². The van der Waals surface area contributed by atoms with Crippen molar-refractivity contribution in [2.75, 3.05) is 5.32 Å².